The van der Waals surface area contributed by atoms with E-state index in [1.54, 1.807) is 14.2 Å². The van der Waals surface area contributed by atoms with Gasteiger partial charge in [-0.15, -0.1) is 0 Å². The van der Waals surface area contributed by atoms with E-state index < -0.39 is 10.9 Å². The molecule has 7 heteroatoms. The average Bonchev–Trinajstić information content (AvgIpc) is 3.59. The van der Waals surface area contributed by atoms with Crippen LogP contribution in [0.25, 0.3) is 0 Å². The summed E-state index contributed by atoms with van der Waals surface area (Å²) in [5, 5.41) is 10.8. The molecule has 1 atom stereocenters. The molecule has 0 bridgehead atoms. The molecule has 1 saturated carbocycles. The Morgan fingerprint density at radius 3 is 2.03 bits per heavy atom. The molecule has 1 aliphatic carbocycles. The summed E-state index contributed by atoms with van der Waals surface area (Å²) in [6.45, 7) is 0. The lowest BCUT2D eigenvalue weighted by molar-refractivity contribution is -0.384. The smallest absolute Gasteiger partial charge is 0.335 e. The van der Waals surface area contributed by atoms with Crippen molar-refractivity contribution in [1.29, 1.82) is 0 Å². The molecule has 0 spiro atoms. The first-order valence-electron chi connectivity index (χ1n) is 10.4. The Morgan fingerprint density at radius 2 is 1.52 bits per heavy atom. The van der Waals surface area contributed by atoms with E-state index in [1.807, 2.05) is 42.5 Å². The van der Waals surface area contributed by atoms with Gasteiger partial charge in [0.05, 0.1) is 19.1 Å². The van der Waals surface area contributed by atoms with Crippen LogP contribution in [0.5, 0.6) is 17.2 Å². The van der Waals surface area contributed by atoms with Crippen LogP contribution in [0.4, 0.5) is 5.69 Å². The molecular weight excluding hydrogens is 422 g/mol. The van der Waals surface area contributed by atoms with Crippen LogP contribution in [-0.2, 0) is 10.2 Å². The summed E-state index contributed by atoms with van der Waals surface area (Å²) in [6, 6.07) is 21.3. The van der Waals surface area contributed by atoms with Crippen molar-refractivity contribution in [3.63, 3.8) is 0 Å². The van der Waals surface area contributed by atoms with Crippen molar-refractivity contribution in [2.45, 2.75) is 11.8 Å². The fourth-order valence-electron chi connectivity index (χ4n) is 4.13. The highest BCUT2D eigenvalue weighted by atomic mass is 16.6. The van der Waals surface area contributed by atoms with Crippen molar-refractivity contribution in [1.82, 2.24) is 0 Å². The monoisotopic (exact) mass is 445 g/mol. The third-order valence-electron chi connectivity index (χ3n) is 5.92. The summed E-state index contributed by atoms with van der Waals surface area (Å²) in [4.78, 5) is 22.6. The Bertz CT molecular complexity index is 1150. The minimum Gasteiger partial charge on any atom is -0.497 e. The third kappa shape index (κ3) is 4.57. The van der Waals surface area contributed by atoms with Gasteiger partial charge in [0.15, 0.2) is 0 Å². The number of nitrogens with zero attached hydrogens (tertiary/aromatic N) is 1. The number of hydrogen-bond donors (Lipinski definition) is 0. The fourth-order valence-corrected chi connectivity index (χ4v) is 4.13. The molecule has 4 rings (SSSR count). The highest BCUT2D eigenvalue weighted by Crippen LogP contribution is 2.60. The number of esters is 1. The summed E-state index contributed by atoms with van der Waals surface area (Å²) in [7, 11) is 3.27. The number of allylic oxidation sites excluding steroid dienone is 1. The Labute approximate surface area is 191 Å². The van der Waals surface area contributed by atoms with E-state index >= 15 is 0 Å². The maximum absolute atomic E-state index is 12.4. The predicted octanol–water partition coefficient (Wildman–Crippen LogP) is 5.08. The van der Waals surface area contributed by atoms with E-state index in [0.29, 0.717) is 0 Å². The summed E-state index contributed by atoms with van der Waals surface area (Å²) < 4.78 is 16.1. The van der Waals surface area contributed by atoms with Crippen LogP contribution in [0.15, 0.2) is 84.9 Å². The van der Waals surface area contributed by atoms with Gasteiger partial charge < -0.3 is 14.2 Å². The number of methoxy groups -OCH3 is 2. The summed E-state index contributed by atoms with van der Waals surface area (Å²) in [6.07, 6.45) is 4.08. The van der Waals surface area contributed by atoms with E-state index in [9.17, 15) is 14.9 Å². The summed E-state index contributed by atoms with van der Waals surface area (Å²) in [5.74, 6) is 1.31. The molecule has 0 aromatic heterocycles. The van der Waals surface area contributed by atoms with Crippen molar-refractivity contribution in [3.8, 4) is 17.2 Å². The molecular formula is C26H23NO6. The van der Waals surface area contributed by atoms with E-state index in [-0.39, 0.29) is 22.8 Å². The zero-order chi connectivity index (χ0) is 23.4. The normalized spacial score (nSPS) is 16.2. The lowest BCUT2D eigenvalue weighted by Crippen LogP contribution is -2.12. The molecule has 1 fully saturated rings. The van der Waals surface area contributed by atoms with Crippen molar-refractivity contribution >= 4 is 11.7 Å². The number of non-ortho nitro benzene ring substituents is 1. The molecule has 1 unspecified atom stereocenters. The molecule has 33 heavy (non-hydrogen) atoms. The van der Waals surface area contributed by atoms with E-state index in [1.165, 1.54) is 30.3 Å². The van der Waals surface area contributed by atoms with Crippen LogP contribution in [0, 0.1) is 16.0 Å². The van der Waals surface area contributed by atoms with Gasteiger partial charge in [0.25, 0.3) is 5.69 Å². The highest BCUT2D eigenvalue weighted by molar-refractivity contribution is 5.84. The van der Waals surface area contributed by atoms with Crippen molar-refractivity contribution in [2.75, 3.05) is 14.2 Å². The minimum absolute atomic E-state index is 0.0651. The average molecular weight is 445 g/mol. The van der Waals surface area contributed by atoms with Crippen molar-refractivity contribution in [3.05, 3.63) is 106 Å². The second kappa shape index (κ2) is 9.16. The standard InChI is InChI=1S/C26H23NO6/c1-31-23-7-3-5-18(15-23)26(19-6-4-8-24(16-19)32-2)17-20(26)9-14-25(28)33-22-12-10-21(11-13-22)27(29)30/h3-16,20H,17H2,1-2H3/b14-9+. The number of ether oxygens (including phenoxy) is 3. The van der Waals surface area contributed by atoms with Gasteiger partial charge in [-0.1, -0.05) is 30.3 Å². The molecule has 0 saturated heterocycles. The maximum atomic E-state index is 12.4. The number of nitro benzene ring substituents is 1. The number of nitro groups is 1. The summed E-state index contributed by atoms with van der Waals surface area (Å²) in [5.41, 5.74) is 1.80. The predicted molar refractivity (Wildman–Crippen MR) is 123 cm³/mol. The molecule has 7 nitrogen and oxygen atoms in total. The number of benzene rings is 3. The van der Waals surface area contributed by atoms with Crippen molar-refractivity contribution in [2.24, 2.45) is 5.92 Å². The Hall–Kier alpha value is -4.13. The Kier molecular flexibility index (Phi) is 6.13. The van der Waals surface area contributed by atoms with Gasteiger partial charge in [0.2, 0.25) is 0 Å². The number of rotatable bonds is 8. The van der Waals surface area contributed by atoms with Crippen LogP contribution in [0.2, 0.25) is 0 Å². The molecule has 3 aromatic carbocycles. The molecule has 3 aromatic rings. The summed E-state index contributed by atoms with van der Waals surface area (Å²) >= 11 is 0. The highest BCUT2D eigenvalue weighted by Gasteiger charge is 2.55. The molecule has 0 aliphatic heterocycles. The largest absolute Gasteiger partial charge is 0.497 e. The number of carbonyl (C=O) groups excluding carboxylic acids is 1. The first kappa shape index (κ1) is 22.1. The van der Waals surface area contributed by atoms with E-state index in [2.05, 4.69) is 12.1 Å². The lowest BCUT2D eigenvalue weighted by Gasteiger charge is -2.19. The maximum Gasteiger partial charge on any atom is 0.335 e. The SMILES string of the molecule is COc1cccc(C2(c3cccc(OC)c3)CC2/C=C/C(=O)Oc2ccc([N+](=O)[O-])cc2)c1. The van der Waals surface area contributed by atoms with Gasteiger partial charge in [0, 0.05) is 23.6 Å². The molecule has 0 N–H and O–H groups in total. The second-order valence-electron chi connectivity index (χ2n) is 7.78. The fraction of sp³-hybridized carbons (Fsp3) is 0.192. The van der Waals surface area contributed by atoms with E-state index in [0.717, 1.165) is 29.0 Å². The number of hydrogen-bond acceptors (Lipinski definition) is 6. The van der Waals surface area contributed by atoms with Gasteiger partial charge in [0.1, 0.15) is 17.2 Å². The van der Waals surface area contributed by atoms with Crippen LogP contribution < -0.4 is 14.2 Å². The van der Waals surface area contributed by atoms with Crippen LogP contribution in [0.1, 0.15) is 17.5 Å². The van der Waals surface area contributed by atoms with Crippen molar-refractivity contribution < 1.29 is 23.9 Å². The van der Waals surface area contributed by atoms with Gasteiger partial charge in [-0.3, -0.25) is 10.1 Å². The molecule has 0 radical (unpaired) electrons. The van der Waals surface area contributed by atoms with Gasteiger partial charge >= 0.3 is 5.97 Å². The van der Waals surface area contributed by atoms with Crippen LogP contribution in [0.3, 0.4) is 0 Å². The van der Waals surface area contributed by atoms with E-state index in [4.69, 9.17) is 14.2 Å². The van der Waals surface area contributed by atoms with Crippen LogP contribution >= 0.6 is 0 Å². The molecule has 168 valence electrons. The molecule has 1 aliphatic rings. The number of carbonyl (C=O) groups is 1. The van der Waals surface area contributed by atoms with Gasteiger partial charge in [-0.2, -0.15) is 0 Å². The van der Waals surface area contributed by atoms with Gasteiger partial charge in [-0.05, 0) is 59.9 Å². The Balaban J connectivity index is 1.56. The minimum atomic E-state index is -0.541. The topological polar surface area (TPSA) is 87.9 Å². The second-order valence-corrected chi connectivity index (χ2v) is 7.78. The first-order valence-corrected chi connectivity index (χ1v) is 10.4. The van der Waals surface area contributed by atoms with Gasteiger partial charge in [-0.25, -0.2) is 4.79 Å². The zero-order valence-corrected chi connectivity index (χ0v) is 18.3. The molecule has 0 heterocycles. The zero-order valence-electron chi connectivity index (χ0n) is 18.3. The molecule has 0 amide bonds. The Morgan fingerprint density at radius 1 is 0.939 bits per heavy atom. The third-order valence-corrected chi connectivity index (χ3v) is 5.92. The quantitative estimate of drug-likeness (QED) is 0.158. The van der Waals surface area contributed by atoms with Crippen LogP contribution in [-0.4, -0.2) is 25.1 Å². The lowest BCUT2D eigenvalue weighted by atomic mass is 9.85. The first-order chi connectivity index (χ1) is 16.0.